The van der Waals surface area contributed by atoms with E-state index in [4.69, 9.17) is 0 Å². The fourth-order valence-corrected chi connectivity index (χ4v) is 2.28. The fraction of sp³-hybridized carbons (Fsp3) is 0.615. The molecule has 2 heterocycles. The van der Waals surface area contributed by atoms with Gasteiger partial charge < -0.3 is 10.4 Å². The van der Waals surface area contributed by atoms with Crippen LogP contribution in [0.3, 0.4) is 0 Å². The SMILES string of the molecule is CCNc1cc(CN2CCCC(O)C2)ccn1. The van der Waals surface area contributed by atoms with Crippen LogP contribution in [0.25, 0.3) is 0 Å². The number of aliphatic hydroxyl groups excluding tert-OH is 1. The Labute approximate surface area is 103 Å². The lowest BCUT2D eigenvalue weighted by Gasteiger charge is -2.29. The van der Waals surface area contributed by atoms with Crippen LogP contribution in [0.1, 0.15) is 25.3 Å². The van der Waals surface area contributed by atoms with E-state index in [9.17, 15) is 5.11 Å². The van der Waals surface area contributed by atoms with E-state index in [1.165, 1.54) is 5.56 Å². The van der Waals surface area contributed by atoms with E-state index in [1.807, 2.05) is 12.3 Å². The van der Waals surface area contributed by atoms with Crippen molar-refractivity contribution in [2.75, 3.05) is 25.0 Å². The molecule has 1 aliphatic heterocycles. The molecule has 0 aromatic carbocycles. The number of nitrogens with zero attached hydrogens (tertiary/aromatic N) is 2. The highest BCUT2D eigenvalue weighted by atomic mass is 16.3. The van der Waals surface area contributed by atoms with Crippen LogP contribution in [-0.2, 0) is 6.54 Å². The molecule has 17 heavy (non-hydrogen) atoms. The van der Waals surface area contributed by atoms with Gasteiger partial charge in [0.15, 0.2) is 0 Å². The van der Waals surface area contributed by atoms with E-state index in [2.05, 4.69) is 28.2 Å². The minimum atomic E-state index is -0.154. The number of hydrogen-bond acceptors (Lipinski definition) is 4. The van der Waals surface area contributed by atoms with Crippen LogP contribution in [0.15, 0.2) is 18.3 Å². The molecule has 0 amide bonds. The van der Waals surface area contributed by atoms with Crippen LogP contribution in [0.5, 0.6) is 0 Å². The van der Waals surface area contributed by atoms with Gasteiger partial charge in [0.05, 0.1) is 6.10 Å². The van der Waals surface area contributed by atoms with Gasteiger partial charge in [-0.2, -0.15) is 0 Å². The van der Waals surface area contributed by atoms with Gasteiger partial charge in [0.25, 0.3) is 0 Å². The van der Waals surface area contributed by atoms with Crippen LogP contribution >= 0.6 is 0 Å². The minimum absolute atomic E-state index is 0.154. The van der Waals surface area contributed by atoms with Gasteiger partial charge in [-0.15, -0.1) is 0 Å². The van der Waals surface area contributed by atoms with Crippen LogP contribution < -0.4 is 5.32 Å². The molecule has 1 aromatic rings. The number of aliphatic hydroxyl groups is 1. The lowest BCUT2D eigenvalue weighted by molar-refractivity contribution is 0.0668. The number of pyridine rings is 1. The van der Waals surface area contributed by atoms with E-state index in [1.54, 1.807) is 0 Å². The number of nitrogens with one attached hydrogen (secondary N) is 1. The van der Waals surface area contributed by atoms with Crippen molar-refractivity contribution >= 4 is 5.82 Å². The molecule has 1 unspecified atom stereocenters. The number of aromatic nitrogens is 1. The van der Waals surface area contributed by atoms with Crippen molar-refractivity contribution in [2.24, 2.45) is 0 Å². The van der Waals surface area contributed by atoms with E-state index >= 15 is 0 Å². The highest BCUT2D eigenvalue weighted by Crippen LogP contribution is 2.14. The summed E-state index contributed by atoms with van der Waals surface area (Å²) in [5.74, 6) is 0.933. The molecular formula is C13H21N3O. The molecule has 2 N–H and O–H groups in total. The largest absolute Gasteiger partial charge is 0.392 e. The highest BCUT2D eigenvalue weighted by Gasteiger charge is 2.17. The van der Waals surface area contributed by atoms with Crippen molar-refractivity contribution in [1.29, 1.82) is 0 Å². The molecule has 0 bridgehead atoms. The van der Waals surface area contributed by atoms with E-state index in [-0.39, 0.29) is 6.10 Å². The Kier molecular flexibility index (Phi) is 4.34. The third kappa shape index (κ3) is 3.68. The third-order valence-corrected chi connectivity index (χ3v) is 3.07. The van der Waals surface area contributed by atoms with Gasteiger partial charge in [0.2, 0.25) is 0 Å². The van der Waals surface area contributed by atoms with E-state index < -0.39 is 0 Å². The molecule has 1 aromatic heterocycles. The average molecular weight is 235 g/mol. The zero-order valence-electron chi connectivity index (χ0n) is 10.4. The normalized spacial score (nSPS) is 21.4. The number of rotatable bonds is 4. The molecular weight excluding hydrogens is 214 g/mol. The molecule has 1 atom stereocenters. The smallest absolute Gasteiger partial charge is 0.126 e. The summed E-state index contributed by atoms with van der Waals surface area (Å²) in [7, 11) is 0. The fourth-order valence-electron chi connectivity index (χ4n) is 2.28. The summed E-state index contributed by atoms with van der Waals surface area (Å²) in [6, 6.07) is 4.13. The number of hydrogen-bond donors (Lipinski definition) is 2. The van der Waals surface area contributed by atoms with Gasteiger partial charge in [-0.25, -0.2) is 4.98 Å². The molecule has 1 saturated heterocycles. The lowest BCUT2D eigenvalue weighted by Crippen LogP contribution is -2.37. The summed E-state index contributed by atoms with van der Waals surface area (Å²) in [5, 5.41) is 12.8. The molecule has 2 rings (SSSR count). The van der Waals surface area contributed by atoms with Crippen LogP contribution in [0.4, 0.5) is 5.82 Å². The zero-order valence-corrected chi connectivity index (χ0v) is 10.4. The molecule has 0 spiro atoms. The third-order valence-electron chi connectivity index (χ3n) is 3.07. The first kappa shape index (κ1) is 12.3. The first-order valence-corrected chi connectivity index (χ1v) is 6.37. The monoisotopic (exact) mass is 235 g/mol. The average Bonchev–Trinajstić information content (AvgIpc) is 2.30. The van der Waals surface area contributed by atoms with Crippen molar-refractivity contribution in [3.63, 3.8) is 0 Å². The van der Waals surface area contributed by atoms with E-state index in [0.29, 0.717) is 0 Å². The van der Waals surface area contributed by atoms with Crippen molar-refractivity contribution in [3.05, 3.63) is 23.9 Å². The molecule has 4 heteroatoms. The second-order valence-corrected chi connectivity index (χ2v) is 4.61. The van der Waals surface area contributed by atoms with Crippen molar-refractivity contribution < 1.29 is 5.11 Å². The van der Waals surface area contributed by atoms with Crippen LogP contribution in [0, 0.1) is 0 Å². The molecule has 0 aliphatic carbocycles. The summed E-state index contributed by atoms with van der Waals surface area (Å²) in [6.45, 7) is 5.72. The zero-order chi connectivity index (χ0) is 12.1. The molecule has 0 saturated carbocycles. The molecule has 1 fully saturated rings. The molecule has 1 aliphatic rings. The quantitative estimate of drug-likeness (QED) is 0.829. The number of anilines is 1. The highest BCUT2D eigenvalue weighted by molar-refractivity contribution is 5.37. The molecule has 4 nitrogen and oxygen atoms in total. The predicted octanol–water partition coefficient (Wildman–Crippen LogP) is 1.47. The maximum Gasteiger partial charge on any atom is 0.126 e. The maximum absolute atomic E-state index is 9.63. The Morgan fingerprint density at radius 2 is 2.47 bits per heavy atom. The minimum Gasteiger partial charge on any atom is -0.392 e. The number of piperidine rings is 1. The summed E-state index contributed by atoms with van der Waals surface area (Å²) in [4.78, 5) is 6.56. The summed E-state index contributed by atoms with van der Waals surface area (Å²) in [5.41, 5.74) is 1.25. The number of likely N-dealkylation sites (tertiary alicyclic amines) is 1. The van der Waals surface area contributed by atoms with Crippen LogP contribution in [-0.4, -0.2) is 40.7 Å². The van der Waals surface area contributed by atoms with Gasteiger partial charge in [-0.05, 0) is 44.0 Å². The number of β-amino-alcohol motifs (C(OH)–C–C–N with tert-alkyl or cyclic N) is 1. The topological polar surface area (TPSA) is 48.4 Å². The summed E-state index contributed by atoms with van der Waals surface area (Å²) < 4.78 is 0. The Hall–Kier alpha value is -1.13. The Morgan fingerprint density at radius 1 is 1.59 bits per heavy atom. The van der Waals surface area contributed by atoms with Crippen molar-refractivity contribution in [1.82, 2.24) is 9.88 Å². The van der Waals surface area contributed by atoms with Gasteiger partial charge >= 0.3 is 0 Å². The van der Waals surface area contributed by atoms with E-state index in [0.717, 1.165) is 44.8 Å². The van der Waals surface area contributed by atoms with Gasteiger partial charge in [0, 0.05) is 25.8 Å². The molecule has 0 radical (unpaired) electrons. The predicted molar refractivity (Wildman–Crippen MR) is 68.9 cm³/mol. The second kappa shape index (κ2) is 5.98. The van der Waals surface area contributed by atoms with Gasteiger partial charge in [0.1, 0.15) is 5.82 Å². The Morgan fingerprint density at radius 3 is 3.24 bits per heavy atom. The molecule has 94 valence electrons. The Balaban J connectivity index is 1.95. The standard InChI is InChI=1S/C13H21N3O/c1-2-14-13-8-11(5-6-15-13)9-16-7-3-4-12(17)10-16/h5-6,8,12,17H,2-4,7,9-10H2,1H3,(H,14,15). The van der Waals surface area contributed by atoms with Crippen LogP contribution in [0.2, 0.25) is 0 Å². The lowest BCUT2D eigenvalue weighted by atomic mass is 10.1. The first-order valence-electron chi connectivity index (χ1n) is 6.37. The second-order valence-electron chi connectivity index (χ2n) is 4.61. The maximum atomic E-state index is 9.63. The van der Waals surface area contributed by atoms with Gasteiger partial charge in [-0.1, -0.05) is 0 Å². The first-order chi connectivity index (χ1) is 8.28. The van der Waals surface area contributed by atoms with Crippen molar-refractivity contribution in [3.8, 4) is 0 Å². The Bertz CT molecular complexity index is 356. The van der Waals surface area contributed by atoms with Crippen molar-refractivity contribution in [2.45, 2.75) is 32.4 Å². The summed E-state index contributed by atoms with van der Waals surface area (Å²) >= 11 is 0. The summed E-state index contributed by atoms with van der Waals surface area (Å²) in [6.07, 6.45) is 3.72. The van der Waals surface area contributed by atoms with Gasteiger partial charge in [-0.3, -0.25) is 4.90 Å².